The van der Waals surface area contributed by atoms with Gasteiger partial charge in [0.05, 0.1) is 12.0 Å². The van der Waals surface area contributed by atoms with Crippen molar-refractivity contribution < 1.29 is 19.2 Å². The van der Waals surface area contributed by atoms with Gasteiger partial charge in [-0.25, -0.2) is 0 Å². The molecule has 2 rings (SSSR count). The lowest BCUT2D eigenvalue weighted by molar-refractivity contribution is -0.137. The summed E-state index contributed by atoms with van der Waals surface area (Å²) >= 11 is 0. The third-order valence-corrected chi connectivity index (χ3v) is 4.67. The number of halogens is 1. The second kappa shape index (κ2) is 9.62. The van der Waals surface area contributed by atoms with Gasteiger partial charge in [-0.05, 0) is 11.5 Å². The Bertz CT molecular complexity index is 708. The number of hydrogen-bond donors (Lipinski definition) is 3. The highest BCUT2D eigenvalue weighted by Crippen LogP contribution is 2.23. The van der Waals surface area contributed by atoms with Crippen molar-refractivity contribution >= 4 is 35.9 Å². The lowest BCUT2D eigenvalue weighted by Crippen LogP contribution is -2.49. The van der Waals surface area contributed by atoms with Gasteiger partial charge in [-0.1, -0.05) is 51.1 Å². The zero-order chi connectivity index (χ0) is 19.4. The average Bonchev–Trinajstić information content (AvgIpc) is 2.85. The standard InChI is InChI=1S/C19H25N3O4.ClH/c1-10(2)16(17(24)15-11(3)18(25)22-19(15)26)21-14(23)9-13(20)12-7-5-4-6-8-12;/h4-8,10-11,13,15-16H,9,20H2,1-3H3,(H,21,23)(H,22,25,26);1H/t11-,13-,15+,16-;/m0./s1. The number of carbonyl (C=O) groups is 4. The van der Waals surface area contributed by atoms with Crippen molar-refractivity contribution in [2.24, 2.45) is 23.5 Å². The smallest absolute Gasteiger partial charge is 0.238 e. The van der Waals surface area contributed by atoms with Gasteiger partial charge in [-0.3, -0.25) is 24.5 Å². The molecule has 1 aromatic rings. The van der Waals surface area contributed by atoms with Crippen LogP contribution >= 0.6 is 12.4 Å². The van der Waals surface area contributed by atoms with E-state index in [0.29, 0.717) is 0 Å². The molecule has 1 aliphatic rings. The van der Waals surface area contributed by atoms with Gasteiger partial charge >= 0.3 is 0 Å². The van der Waals surface area contributed by atoms with E-state index in [1.165, 1.54) is 6.92 Å². The van der Waals surface area contributed by atoms with Crippen LogP contribution in [0.15, 0.2) is 30.3 Å². The Morgan fingerprint density at radius 2 is 1.74 bits per heavy atom. The Morgan fingerprint density at radius 3 is 2.22 bits per heavy atom. The maximum absolute atomic E-state index is 12.8. The highest BCUT2D eigenvalue weighted by Gasteiger charge is 2.46. The molecule has 4 N–H and O–H groups in total. The Morgan fingerprint density at radius 1 is 1.15 bits per heavy atom. The molecule has 0 bridgehead atoms. The van der Waals surface area contributed by atoms with Crippen LogP contribution in [-0.2, 0) is 19.2 Å². The van der Waals surface area contributed by atoms with E-state index in [-0.39, 0.29) is 30.7 Å². The molecule has 0 spiro atoms. The first-order valence-corrected chi connectivity index (χ1v) is 8.70. The first kappa shape index (κ1) is 22.8. The summed E-state index contributed by atoms with van der Waals surface area (Å²) in [6.45, 7) is 5.09. The van der Waals surface area contributed by atoms with Crippen LogP contribution in [0.2, 0.25) is 0 Å². The number of carbonyl (C=O) groups excluding carboxylic acids is 4. The van der Waals surface area contributed by atoms with E-state index >= 15 is 0 Å². The molecule has 0 aromatic heterocycles. The zero-order valence-corrected chi connectivity index (χ0v) is 16.4. The maximum Gasteiger partial charge on any atom is 0.238 e. The number of ketones is 1. The number of nitrogens with two attached hydrogens (primary N) is 1. The second-order valence-electron chi connectivity index (χ2n) is 7.03. The van der Waals surface area contributed by atoms with Crippen LogP contribution < -0.4 is 16.4 Å². The van der Waals surface area contributed by atoms with Gasteiger partial charge in [-0.2, -0.15) is 0 Å². The Kier molecular flexibility index (Phi) is 8.12. The molecule has 0 aliphatic carbocycles. The molecule has 1 aliphatic heterocycles. The fourth-order valence-corrected chi connectivity index (χ4v) is 3.08. The monoisotopic (exact) mass is 395 g/mol. The number of amides is 3. The summed E-state index contributed by atoms with van der Waals surface area (Å²) < 4.78 is 0. The minimum Gasteiger partial charge on any atom is -0.346 e. The van der Waals surface area contributed by atoms with Crippen molar-refractivity contribution in [3.63, 3.8) is 0 Å². The molecule has 148 valence electrons. The quantitative estimate of drug-likeness (QED) is 0.472. The van der Waals surface area contributed by atoms with Crippen LogP contribution in [0, 0.1) is 17.8 Å². The lowest BCUT2D eigenvalue weighted by atomic mass is 9.85. The molecule has 7 nitrogen and oxygen atoms in total. The predicted molar refractivity (Wildman–Crippen MR) is 103 cm³/mol. The molecule has 8 heteroatoms. The molecule has 1 heterocycles. The molecular formula is C19H26ClN3O4. The molecular weight excluding hydrogens is 370 g/mol. The summed E-state index contributed by atoms with van der Waals surface area (Å²) in [5.41, 5.74) is 6.88. The van der Waals surface area contributed by atoms with Gasteiger partial charge in [0.1, 0.15) is 5.92 Å². The van der Waals surface area contributed by atoms with E-state index < -0.39 is 41.5 Å². The number of Topliss-reactive ketones (excluding diaryl/α,β-unsaturated/α-hetero) is 1. The van der Waals surface area contributed by atoms with E-state index in [0.717, 1.165) is 5.56 Å². The van der Waals surface area contributed by atoms with Gasteiger partial charge in [0, 0.05) is 12.5 Å². The van der Waals surface area contributed by atoms with E-state index in [2.05, 4.69) is 10.6 Å². The highest BCUT2D eigenvalue weighted by molar-refractivity contribution is 6.16. The molecule has 0 unspecified atom stereocenters. The van der Waals surface area contributed by atoms with Crippen molar-refractivity contribution in [2.75, 3.05) is 0 Å². The summed E-state index contributed by atoms with van der Waals surface area (Å²) in [4.78, 5) is 48.7. The fraction of sp³-hybridized carbons (Fsp3) is 0.474. The fourth-order valence-electron chi connectivity index (χ4n) is 3.08. The molecule has 4 atom stereocenters. The van der Waals surface area contributed by atoms with Gasteiger partial charge in [0.25, 0.3) is 0 Å². The molecule has 0 saturated carbocycles. The van der Waals surface area contributed by atoms with E-state index in [1.54, 1.807) is 13.8 Å². The van der Waals surface area contributed by atoms with Gasteiger partial charge in [-0.15, -0.1) is 12.4 Å². The number of nitrogens with one attached hydrogen (secondary N) is 2. The zero-order valence-electron chi connectivity index (χ0n) is 15.6. The Balaban J connectivity index is 0.00000364. The minimum absolute atomic E-state index is 0. The summed E-state index contributed by atoms with van der Waals surface area (Å²) in [6, 6.07) is 7.86. The van der Waals surface area contributed by atoms with Gasteiger partial charge < -0.3 is 11.1 Å². The normalized spacial score (nSPS) is 21.2. The molecule has 1 aromatic carbocycles. The highest BCUT2D eigenvalue weighted by atomic mass is 35.5. The van der Waals surface area contributed by atoms with E-state index in [4.69, 9.17) is 5.73 Å². The second-order valence-corrected chi connectivity index (χ2v) is 7.03. The topological polar surface area (TPSA) is 118 Å². The molecule has 1 saturated heterocycles. The minimum atomic E-state index is -1.07. The van der Waals surface area contributed by atoms with E-state index in [9.17, 15) is 19.2 Å². The number of rotatable bonds is 7. The largest absolute Gasteiger partial charge is 0.346 e. The van der Waals surface area contributed by atoms with Crippen LogP contribution in [-0.4, -0.2) is 29.5 Å². The first-order chi connectivity index (χ1) is 12.2. The molecule has 0 radical (unpaired) electrons. The van der Waals surface area contributed by atoms with Crippen molar-refractivity contribution in [1.29, 1.82) is 0 Å². The number of benzene rings is 1. The van der Waals surface area contributed by atoms with Gasteiger partial charge in [0.15, 0.2) is 5.78 Å². The SMILES string of the molecule is CC(C)[C@H](NC(=O)C[C@H](N)c1ccccc1)C(=O)[C@@H]1C(=O)NC(=O)[C@H]1C.Cl. The third kappa shape index (κ3) is 5.37. The first-order valence-electron chi connectivity index (χ1n) is 8.70. The maximum atomic E-state index is 12.8. The van der Waals surface area contributed by atoms with Crippen LogP contribution in [0.1, 0.15) is 38.8 Å². The lowest BCUT2D eigenvalue weighted by Gasteiger charge is -2.25. The van der Waals surface area contributed by atoms with Gasteiger partial charge in [0.2, 0.25) is 17.7 Å². The number of hydrogen-bond acceptors (Lipinski definition) is 5. The van der Waals surface area contributed by atoms with Crippen molar-refractivity contribution in [2.45, 2.75) is 39.3 Å². The summed E-state index contributed by atoms with van der Waals surface area (Å²) in [5, 5.41) is 4.86. The van der Waals surface area contributed by atoms with Crippen molar-refractivity contribution in [3.8, 4) is 0 Å². The van der Waals surface area contributed by atoms with Crippen LogP contribution in [0.4, 0.5) is 0 Å². The molecule has 27 heavy (non-hydrogen) atoms. The van der Waals surface area contributed by atoms with Crippen LogP contribution in [0.5, 0.6) is 0 Å². The van der Waals surface area contributed by atoms with Crippen molar-refractivity contribution in [3.05, 3.63) is 35.9 Å². The van der Waals surface area contributed by atoms with Crippen LogP contribution in [0.3, 0.4) is 0 Å². The van der Waals surface area contributed by atoms with Crippen LogP contribution in [0.25, 0.3) is 0 Å². The predicted octanol–water partition coefficient (Wildman–Crippen LogP) is 1.12. The average molecular weight is 396 g/mol. The van der Waals surface area contributed by atoms with E-state index in [1.807, 2.05) is 30.3 Å². The third-order valence-electron chi connectivity index (χ3n) is 4.67. The molecule has 1 fully saturated rings. The summed E-state index contributed by atoms with van der Waals surface area (Å²) in [5.74, 6) is -3.92. The Hall–Kier alpha value is -2.25. The summed E-state index contributed by atoms with van der Waals surface area (Å²) in [6.07, 6.45) is 0.0197. The Labute approximate surface area is 164 Å². The number of imide groups is 1. The molecule has 3 amide bonds. The summed E-state index contributed by atoms with van der Waals surface area (Å²) in [7, 11) is 0. The van der Waals surface area contributed by atoms with Crippen molar-refractivity contribution in [1.82, 2.24) is 10.6 Å².